The monoisotopic (exact) mass is 312 g/mol. The molecule has 2 aromatic rings. The molecule has 2 aliphatic rings. The van der Waals surface area contributed by atoms with E-state index in [1.807, 2.05) is 18.5 Å². The molecule has 0 spiro atoms. The highest BCUT2D eigenvalue weighted by Gasteiger charge is 2.26. The Morgan fingerprint density at radius 2 is 2.17 bits per heavy atom. The summed E-state index contributed by atoms with van der Waals surface area (Å²) in [4.78, 5) is 17.0. The minimum atomic E-state index is 0.0636. The first-order valence-electron chi connectivity index (χ1n) is 8.59. The Labute approximate surface area is 136 Å². The van der Waals surface area contributed by atoms with Gasteiger partial charge in [0, 0.05) is 49.3 Å². The Hall–Kier alpha value is -2.04. The van der Waals surface area contributed by atoms with Crippen LogP contribution in [-0.4, -0.2) is 26.1 Å². The molecule has 5 heteroatoms. The number of hydrogen-bond acceptors (Lipinski definition) is 2. The molecule has 23 heavy (non-hydrogen) atoms. The number of rotatable bonds is 4. The predicted octanol–water partition coefficient (Wildman–Crippen LogP) is 2.46. The summed E-state index contributed by atoms with van der Waals surface area (Å²) in [5.41, 5.74) is 3.13. The molecule has 0 saturated heterocycles. The van der Waals surface area contributed by atoms with Crippen molar-refractivity contribution in [2.45, 2.75) is 58.7 Å². The van der Waals surface area contributed by atoms with Crippen molar-refractivity contribution < 1.29 is 4.79 Å². The molecule has 2 aromatic heterocycles. The lowest BCUT2D eigenvalue weighted by Gasteiger charge is -2.24. The second-order valence-electron chi connectivity index (χ2n) is 7.04. The van der Waals surface area contributed by atoms with Gasteiger partial charge < -0.3 is 14.5 Å². The highest BCUT2D eigenvalue weighted by molar-refractivity contribution is 5.95. The van der Waals surface area contributed by atoms with E-state index < -0.39 is 0 Å². The Morgan fingerprint density at radius 1 is 1.35 bits per heavy atom. The molecule has 1 saturated carbocycles. The number of nitrogens with zero attached hydrogens (tertiary/aromatic N) is 3. The van der Waals surface area contributed by atoms with E-state index in [9.17, 15) is 4.79 Å². The number of fused-ring (bicyclic) bond motifs is 1. The smallest absolute Gasteiger partial charge is 0.253 e. The van der Waals surface area contributed by atoms with Crippen molar-refractivity contribution >= 4 is 5.91 Å². The van der Waals surface area contributed by atoms with Gasteiger partial charge in [-0.15, -0.1) is 0 Å². The number of carbonyl (C=O) groups excluding carboxylic acids is 1. The summed E-state index contributed by atoms with van der Waals surface area (Å²) in [6.07, 6.45) is 8.38. The SMILES string of the molecule is Cc1cc(C(=O)NC2CCc3nccn3C2)c(C)n1CC1CC1. The van der Waals surface area contributed by atoms with Crippen molar-refractivity contribution in [1.82, 2.24) is 19.4 Å². The maximum Gasteiger partial charge on any atom is 0.253 e. The van der Waals surface area contributed by atoms with E-state index in [1.165, 1.54) is 18.5 Å². The van der Waals surface area contributed by atoms with Gasteiger partial charge in [0.15, 0.2) is 0 Å². The maximum absolute atomic E-state index is 12.7. The van der Waals surface area contributed by atoms with Crippen LogP contribution in [-0.2, 0) is 19.5 Å². The summed E-state index contributed by atoms with van der Waals surface area (Å²) < 4.78 is 4.45. The van der Waals surface area contributed by atoms with Crippen molar-refractivity contribution in [2.75, 3.05) is 0 Å². The minimum absolute atomic E-state index is 0.0636. The van der Waals surface area contributed by atoms with Gasteiger partial charge >= 0.3 is 0 Å². The van der Waals surface area contributed by atoms with Gasteiger partial charge in [-0.05, 0) is 45.1 Å². The van der Waals surface area contributed by atoms with Gasteiger partial charge in [-0.25, -0.2) is 4.98 Å². The summed E-state index contributed by atoms with van der Waals surface area (Å²) in [6, 6.07) is 2.23. The number of aromatic nitrogens is 3. The lowest BCUT2D eigenvalue weighted by molar-refractivity contribution is 0.0927. The number of aryl methyl sites for hydroxylation is 2. The summed E-state index contributed by atoms with van der Waals surface area (Å²) >= 11 is 0. The molecule has 5 nitrogen and oxygen atoms in total. The van der Waals surface area contributed by atoms with Crippen molar-refractivity contribution in [2.24, 2.45) is 5.92 Å². The molecular formula is C18H24N4O. The van der Waals surface area contributed by atoms with E-state index in [-0.39, 0.29) is 11.9 Å². The summed E-state index contributed by atoms with van der Waals surface area (Å²) in [5, 5.41) is 3.22. The molecule has 0 radical (unpaired) electrons. The Bertz CT molecular complexity index is 738. The van der Waals surface area contributed by atoms with Gasteiger partial charge in [0.05, 0.1) is 5.56 Å². The van der Waals surface area contributed by atoms with Crippen LogP contribution in [0.5, 0.6) is 0 Å². The van der Waals surface area contributed by atoms with E-state index >= 15 is 0 Å². The fourth-order valence-corrected chi connectivity index (χ4v) is 3.62. The molecule has 3 heterocycles. The van der Waals surface area contributed by atoms with Crippen LogP contribution in [0.2, 0.25) is 0 Å². The summed E-state index contributed by atoms with van der Waals surface area (Å²) in [5.74, 6) is 2.00. The fourth-order valence-electron chi connectivity index (χ4n) is 3.62. The van der Waals surface area contributed by atoms with Crippen LogP contribution in [0.15, 0.2) is 18.5 Å². The molecule has 0 aromatic carbocycles. The topological polar surface area (TPSA) is 51.9 Å². The molecule has 1 atom stereocenters. The van der Waals surface area contributed by atoms with E-state index in [0.717, 1.165) is 48.9 Å². The van der Waals surface area contributed by atoms with Crippen LogP contribution in [0.3, 0.4) is 0 Å². The zero-order chi connectivity index (χ0) is 16.0. The van der Waals surface area contributed by atoms with Gasteiger partial charge in [-0.3, -0.25) is 4.79 Å². The zero-order valence-corrected chi connectivity index (χ0v) is 13.9. The fraction of sp³-hybridized carbons (Fsp3) is 0.556. The van der Waals surface area contributed by atoms with Crippen LogP contribution in [0.4, 0.5) is 0 Å². The second-order valence-corrected chi connectivity index (χ2v) is 7.04. The van der Waals surface area contributed by atoms with Crippen molar-refractivity contribution in [3.8, 4) is 0 Å². The summed E-state index contributed by atoms with van der Waals surface area (Å²) in [7, 11) is 0. The molecule has 1 N–H and O–H groups in total. The number of imidazole rings is 1. The molecule has 1 unspecified atom stereocenters. The van der Waals surface area contributed by atoms with E-state index in [1.54, 1.807) is 0 Å². The average molecular weight is 312 g/mol. The van der Waals surface area contributed by atoms with Crippen molar-refractivity contribution in [1.29, 1.82) is 0 Å². The third-order valence-electron chi connectivity index (χ3n) is 5.23. The second kappa shape index (κ2) is 5.55. The van der Waals surface area contributed by atoms with E-state index in [4.69, 9.17) is 0 Å². The molecule has 1 fully saturated rings. The van der Waals surface area contributed by atoms with Crippen molar-refractivity contribution in [3.05, 3.63) is 41.2 Å². The molecule has 1 amide bonds. The normalized spacial score (nSPS) is 20.3. The van der Waals surface area contributed by atoms with Gasteiger partial charge in [0.25, 0.3) is 5.91 Å². The van der Waals surface area contributed by atoms with Crippen molar-refractivity contribution in [3.63, 3.8) is 0 Å². The van der Waals surface area contributed by atoms with Crippen LogP contribution < -0.4 is 5.32 Å². The number of hydrogen-bond donors (Lipinski definition) is 1. The highest BCUT2D eigenvalue weighted by atomic mass is 16.1. The molecular weight excluding hydrogens is 288 g/mol. The first-order valence-corrected chi connectivity index (χ1v) is 8.59. The van der Waals surface area contributed by atoms with Gasteiger partial charge in [0.1, 0.15) is 5.82 Å². The van der Waals surface area contributed by atoms with Crippen LogP contribution >= 0.6 is 0 Å². The quantitative estimate of drug-likeness (QED) is 0.943. The van der Waals surface area contributed by atoms with Gasteiger partial charge in [0.2, 0.25) is 0 Å². The first-order chi connectivity index (χ1) is 11.1. The molecule has 1 aliphatic carbocycles. The highest BCUT2D eigenvalue weighted by Crippen LogP contribution is 2.32. The minimum Gasteiger partial charge on any atom is -0.348 e. The van der Waals surface area contributed by atoms with E-state index in [2.05, 4.69) is 33.3 Å². The standard InChI is InChI=1S/C18H24N4O/c1-12-9-16(13(2)22(12)10-14-3-4-14)18(23)20-15-5-6-17-19-7-8-21(17)11-15/h7-9,14-15H,3-6,10-11H2,1-2H3,(H,20,23). The lowest BCUT2D eigenvalue weighted by Crippen LogP contribution is -2.41. The molecule has 122 valence electrons. The van der Waals surface area contributed by atoms with Crippen LogP contribution in [0.1, 0.15) is 46.8 Å². The number of nitrogens with one attached hydrogen (secondary N) is 1. The molecule has 1 aliphatic heterocycles. The molecule has 4 rings (SSSR count). The third kappa shape index (κ3) is 2.80. The third-order valence-corrected chi connectivity index (χ3v) is 5.23. The predicted molar refractivity (Wildman–Crippen MR) is 88.4 cm³/mol. The van der Waals surface area contributed by atoms with Gasteiger partial charge in [-0.2, -0.15) is 0 Å². The molecule has 0 bridgehead atoms. The number of amides is 1. The van der Waals surface area contributed by atoms with Gasteiger partial charge in [-0.1, -0.05) is 0 Å². The first kappa shape index (κ1) is 14.5. The van der Waals surface area contributed by atoms with Crippen LogP contribution in [0.25, 0.3) is 0 Å². The largest absolute Gasteiger partial charge is 0.348 e. The Morgan fingerprint density at radius 3 is 2.96 bits per heavy atom. The summed E-state index contributed by atoms with van der Waals surface area (Å²) in [6.45, 7) is 6.05. The Kier molecular flexibility index (Phi) is 3.51. The number of carbonyl (C=O) groups is 1. The average Bonchev–Trinajstić information content (AvgIpc) is 3.16. The zero-order valence-electron chi connectivity index (χ0n) is 13.9. The van der Waals surface area contributed by atoms with Crippen LogP contribution in [0, 0.1) is 19.8 Å². The Balaban J connectivity index is 1.47. The lowest BCUT2D eigenvalue weighted by atomic mass is 10.1. The maximum atomic E-state index is 12.7. The van der Waals surface area contributed by atoms with E-state index in [0.29, 0.717) is 0 Å².